The van der Waals surface area contributed by atoms with Crippen LogP contribution in [0.15, 0.2) is 18.2 Å². The maximum absolute atomic E-state index is 11.6. The highest BCUT2D eigenvalue weighted by Crippen LogP contribution is 2.22. The molecule has 0 atom stereocenters. The summed E-state index contributed by atoms with van der Waals surface area (Å²) in [5.41, 5.74) is 0.466. The molecule has 0 aliphatic heterocycles. The molecule has 0 N–H and O–H groups in total. The normalized spacial score (nSPS) is 10.2. The molecule has 7 heteroatoms. The Morgan fingerprint density at radius 3 is 2.55 bits per heavy atom. The lowest BCUT2D eigenvalue weighted by molar-refractivity contribution is -0.385. The molecule has 7 nitrogen and oxygen atoms in total. The van der Waals surface area contributed by atoms with Gasteiger partial charge in [0.2, 0.25) is 5.91 Å². The zero-order chi connectivity index (χ0) is 15.3. The van der Waals surface area contributed by atoms with E-state index in [1.165, 1.54) is 44.2 Å². The highest BCUT2D eigenvalue weighted by molar-refractivity contribution is 5.94. The fourth-order valence-electron chi connectivity index (χ4n) is 1.66. The lowest BCUT2D eigenvalue weighted by atomic mass is 10.1. The van der Waals surface area contributed by atoms with Crippen LogP contribution in [-0.4, -0.2) is 42.3 Å². The molecule has 1 rings (SSSR count). The average molecular weight is 280 g/mol. The summed E-state index contributed by atoms with van der Waals surface area (Å²) in [5.74, 6) is -0.527. The summed E-state index contributed by atoms with van der Waals surface area (Å²) >= 11 is 0. The van der Waals surface area contributed by atoms with E-state index in [1.807, 2.05) is 0 Å². The molecular weight excluding hydrogens is 264 g/mol. The molecule has 0 radical (unpaired) electrons. The molecule has 0 unspecified atom stereocenters. The number of nitro benzene ring substituents is 1. The summed E-state index contributed by atoms with van der Waals surface area (Å²) in [6.07, 6.45) is 0. The summed E-state index contributed by atoms with van der Waals surface area (Å²) in [6, 6.07) is 4.23. The molecule has 0 bridgehead atoms. The van der Waals surface area contributed by atoms with Crippen LogP contribution in [0.25, 0.3) is 0 Å². The largest absolute Gasteiger partial charge is 0.375 e. The highest BCUT2D eigenvalue weighted by atomic mass is 16.6. The fourth-order valence-corrected chi connectivity index (χ4v) is 1.66. The van der Waals surface area contributed by atoms with Gasteiger partial charge in [-0.3, -0.25) is 19.7 Å². The highest BCUT2D eigenvalue weighted by Gasteiger charge is 2.19. The number of hydrogen-bond donors (Lipinski definition) is 0. The molecule has 1 aromatic carbocycles. The minimum Gasteiger partial charge on any atom is -0.375 e. The first-order chi connectivity index (χ1) is 9.36. The van der Waals surface area contributed by atoms with Crippen molar-refractivity contribution < 1.29 is 19.2 Å². The first-order valence-electron chi connectivity index (χ1n) is 5.88. The molecule has 1 amide bonds. The van der Waals surface area contributed by atoms with Gasteiger partial charge in [0.15, 0.2) is 5.78 Å². The first-order valence-corrected chi connectivity index (χ1v) is 5.88. The second-order valence-corrected chi connectivity index (χ2v) is 4.34. The third-order valence-corrected chi connectivity index (χ3v) is 2.79. The lowest BCUT2D eigenvalue weighted by Gasteiger charge is -2.16. The van der Waals surface area contributed by atoms with Gasteiger partial charge in [-0.15, -0.1) is 0 Å². The summed E-state index contributed by atoms with van der Waals surface area (Å²) in [7, 11) is 2.93. The predicted molar refractivity (Wildman–Crippen MR) is 71.5 cm³/mol. The Kier molecular flexibility index (Phi) is 5.33. The smallest absolute Gasteiger partial charge is 0.275 e. The number of ketones is 1. The van der Waals surface area contributed by atoms with Crippen molar-refractivity contribution in [3.05, 3.63) is 39.4 Å². The number of Topliss-reactive ketones (excluding diaryl/α,β-unsaturated/α-hetero) is 1. The minimum atomic E-state index is -0.559. The van der Waals surface area contributed by atoms with Crippen LogP contribution in [0.2, 0.25) is 0 Å². The Labute approximate surface area is 116 Å². The SMILES string of the molecule is COCC(=O)N(C)Cc1ccc(C(C)=O)cc1[N+](=O)[O-]. The van der Waals surface area contributed by atoms with Crippen molar-refractivity contribution in [1.82, 2.24) is 4.90 Å². The van der Waals surface area contributed by atoms with Gasteiger partial charge in [-0.1, -0.05) is 6.07 Å². The molecule has 20 heavy (non-hydrogen) atoms. The molecule has 108 valence electrons. The zero-order valence-corrected chi connectivity index (χ0v) is 11.6. The zero-order valence-electron chi connectivity index (χ0n) is 11.6. The molecule has 0 saturated heterocycles. The molecule has 0 fully saturated rings. The summed E-state index contributed by atoms with van der Waals surface area (Å²) in [4.78, 5) is 34.6. The summed E-state index contributed by atoms with van der Waals surface area (Å²) in [5, 5.41) is 11.0. The Hall–Kier alpha value is -2.28. The van der Waals surface area contributed by atoms with Gasteiger partial charge in [0.25, 0.3) is 5.69 Å². The van der Waals surface area contributed by atoms with Crippen molar-refractivity contribution in [2.45, 2.75) is 13.5 Å². The maximum atomic E-state index is 11.6. The van der Waals surface area contributed by atoms with Crippen molar-refractivity contribution >= 4 is 17.4 Å². The molecule has 0 spiro atoms. The third-order valence-electron chi connectivity index (χ3n) is 2.79. The minimum absolute atomic E-state index is 0.0801. The lowest BCUT2D eigenvalue weighted by Crippen LogP contribution is -2.29. The topological polar surface area (TPSA) is 89.8 Å². The van der Waals surface area contributed by atoms with Gasteiger partial charge in [-0.05, 0) is 13.0 Å². The van der Waals surface area contributed by atoms with Gasteiger partial charge < -0.3 is 9.64 Å². The van der Waals surface area contributed by atoms with Crippen molar-refractivity contribution in [1.29, 1.82) is 0 Å². The number of nitrogens with zero attached hydrogens (tertiary/aromatic N) is 2. The van der Waals surface area contributed by atoms with Gasteiger partial charge >= 0.3 is 0 Å². The standard InChI is InChI=1S/C13H16N2O5/c1-9(16)10-4-5-11(12(6-10)15(18)19)7-14(2)13(17)8-20-3/h4-6H,7-8H2,1-3H3. The van der Waals surface area contributed by atoms with Crippen LogP contribution in [0.5, 0.6) is 0 Å². The van der Waals surface area contributed by atoms with Crippen LogP contribution in [0.4, 0.5) is 5.69 Å². The van der Waals surface area contributed by atoms with Crippen LogP contribution >= 0.6 is 0 Å². The van der Waals surface area contributed by atoms with E-state index >= 15 is 0 Å². The number of methoxy groups -OCH3 is 1. The number of amides is 1. The fraction of sp³-hybridized carbons (Fsp3) is 0.385. The predicted octanol–water partition coefficient (Wildman–Crippen LogP) is 1.40. The van der Waals surface area contributed by atoms with E-state index in [9.17, 15) is 19.7 Å². The summed E-state index contributed by atoms with van der Waals surface area (Å²) in [6.45, 7) is 1.33. The number of ether oxygens (including phenoxy) is 1. The van der Waals surface area contributed by atoms with Gasteiger partial charge in [0.05, 0.1) is 11.5 Å². The van der Waals surface area contributed by atoms with Gasteiger partial charge in [0, 0.05) is 31.4 Å². The van der Waals surface area contributed by atoms with Crippen molar-refractivity contribution in [2.24, 2.45) is 0 Å². The number of likely N-dealkylation sites (N-methyl/N-ethyl adjacent to an activating group) is 1. The number of hydrogen-bond acceptors (Lipinski definition) is 5. The molecule has 0 saturated carbocycles. The van der Waals surface area contributed by atoms with E-state index in [4.69, 9.17) is 4.74 Å². The first kappa shape index (κ1) is 15.8. The Bertz CT molecular complexity index is 542. The van der Waals surface area contributed by atoms with Crippen molar-refractivity contribution in [3.8, 4) is 0 Å². The van der Waals surface area contributed by atoms with Crippen LogP contribution in [0, 0.1) is 10.1 Å². The molecule has 1 aromatic rings. The van der Waals surface area contributed by atoms with E-state index in [0.29, 0.717) is 5.56 Å². The number of benzene rings is 1. The number of rotatable bonds is 6. The number of carbonyl (C=O) groups excluding carboxylic acids is 2. The van der Waals surface area contributed by atoms with Crippen LogP contribution in [0.3, 0.4) is 0 Å². The quantitative estimate of drug-likeness (QED) is 0.446. The average Bonchev–Trinajstić information content (AvgIpc) is 2.38. The van der Waals surface area contributed by atoms with Crippen LogP contribution in [-0.2, 0) is 16.1 Å². The van der Waals surface area contributed by atoms with E-state index < -0.39 is 4.92 Å². The Balaban J connectivity index is 3.03. The van der Waals surface area contributed by atoms with E-state index in [-0.39, 0.29) is 36.1 Å². The molecular formula is C13H16N2O5. The van der Waals surface area contributed by atoms with Gasteiger partial charge in [0.1, 0.15) is 6.61 Å². The third kappa shape index (κ3) is 3.86. The van der Waals surface area contributed by atoms with Crippen LogP contribution < -0.4 is 0 Å². The Morgan fingerprint density at radius 1 is 1.40 bits per heavy atom. The Morgan fingerprint density at radius 2 is 2.05 bits per heavy atom. The number of nitro groups is 1. The van der Waals surface area contributed by atoms with Crippen molar-refractivity contribution in [3.63, 3.8) is 0 Å². The second-order valence-electron chi connectivity index (χ2n) is 4.34. The molecule has 0 aliphatic carbocycles. The monoisotopic (exact) mass is 280 g/mol. The molecule has 0 aliphatic rings. The number of carbonyl (C=O) groups is 2. The van der Waals surface area contributed by atoms with Crippen molar-refractivity contribution in [2.75, 3.05) is 20.8 Å². The van der Waals surface area contributed by atoms with Gasteiger partial charge in [-0.25, -0.2) is 0 Å². The molecule has 0 aromatic heterocycles. The molecule has 0 heterocycles. The maximum Gasteiger partial charge on any atom is 0.275 e. The van der Waals surface area contributed by atoms with E-state index in [1.54, 1.807) is 0 Å². The van der Waals surface area contributed by atoms with E-state index in [2.05, 4.69) is 0 Å². The van der Waals surface area contributed by atoms with E-state index in [0.717, 1.165) is 0 Å². The summed E-state index contributed by atoms with van der Waals surface area (Å²) < 4.78 is 4.72. The van der Waals surface area contributed by atoms with Crippen LogP contribution in [0.1, 0.15) is 22.8 Å². The van der Waals surface area contributed by atoms with Gasteiger partial charge in [-0.2, -0.15) is 0 Å². The second kappa shape index (κ2) is 6.76.